The predicted molar refractivity (Wildman–Crippen MR) is 91.6 cm³/mol. The highest BCUT2D eigenvalue weighted by molar-refractivity contribution is 7.09. The fraction of sp³-hybridized carbons (Fsp3) is 0.214. The summed E-state index contributed by atoms with van der Waals surface area (Å²) in [5.74, 6) is -0.190. The summed E-state index contributed by atoms with van der Waals surface area (Å²) in [6.07, 6.45) is 0.381. The molecule has 1 amide bonds. The minimum atomic E-state index is -0.631. The first-order valence-corrected chi connectivity index (χ1v) is 7.69. The number of rotatable bonds is 5. The molecule has 0 radical (unpaired) electrons. The van der Waals surface area contributed by atoms with Gasteiger partial charge in [0.15, 0.2) is 0 Å². The maximum absolute atomic E-state index is 11.9. The monoisotopic (exact) mass is 364 g/mol. The van der Waals surface area contributed by atoms with Gasteiger partial charge in [-0.15, -0.1) is 23.7 Å². The van der Waals surface area contributed by atoms with E-state index in [4.69, 9.17) is 28.9 Å². The molecule has 1 aromatic carbocycles. The summed E-state index contributed by atoms with van der Waals surface area (Å²) in [6, 6.07) is 8.45. The van der Waals surface area contributed by atoms with E-state index in [0.29, 0.717) is 23.0 Å². The molecule has 114 valence electrons. The molecule has 0 unspecified atom stereocenters. The summed E-state index contributed by atoms with van der Waals surface area (Å²) in [7, 11) is 0. The van der Waals surface area contributed by atoms with Gasteiger partial charge in [0.2, 0.25) is 5.91 Å². The molecule has 0 fully saturated rings. The van der Waals surface area contributed by atoms with Crippen LogP contribution in [-0.2, 0) is 17.8 Å². The van der Waals surface area contributed by atoms with Gasteiger partial charge in [0.1, 0.15) is 0 Å². The smallest absolute Gasteiger partial charge is 0.237 e. The van der Waals surface area contributed by atoms with Crippen LogP contribution >= 0.6 is 46.9 Å². The molecule has 2 aromatic rings. The Hall–Kier alpha value is -0.780. The number of hydrogen-bond acceptors (Lipinski definition) is 3. The second kappa shape index (κ2) is 8.61. The van der Waals surface area contributed by atoms with Crippen molar-refractivity contribution in [2.45, 2.75) is 19.0 Å². The van der Waals surface area contributed by atoms with Gasteiger partial charge in [0.05, 0.1) is 12.6 Å². The highest BCUT2D eigenvalue weighted by Crippen LogP contribution is 2.21. The molecule has 7 heteroatoms. The quantitative estimate of drug-likeness (QED) is 0.849. The number of nitrogens with one attached hydrogen (secondary N) is 1. The van der Waals surface area contributed by atoms with Crippen molar-refractivity contribution in [2.24, 2.45) is 5.73 Å². The van der Waals surface area contributed by atoms with Gasteiger partial charge in [-0.3, -0.25) is 4.79 Å². The van der Waals surface area contributed by atoms with Gasteiger partial charge in [-0.25, -0.2) is 0 Å². The van der Waals surface area contributed by atoms with Crippen LogP contribution in [0.25, 0.3) is 0 Å². The number of benzene rings is 1. The van der Waals surface area contributed by atoms with Crippen molar-refractivity contribution in [1.29, 1.82) is 0 Å². The number of hydrogen-bond donors (Lipinski definition) is 2. The van der Waals surface area contributed by atoms with Crippen LogP contribution in [0, 0.1) is 0 Å². The maximum Gasteiger partial charge on any atom is 0.237 e. The summed E-state index contributed by atoms with van der Waals surface area (Å²) >= 11 is 13.5. The third-order valence-electron chi connectivity index (χ3n) is 2.81. The molecular weight excluding hydrogens is 351 g/mol. The van der Waals surface area contributed by atoms with Crippen LogP contribution in [0.15, 0.2) is 35.7 Å². The lowest BCUT2D eigenvalue weighted by atomic mass is 10.1. The minimum absolute atomic E-state index is 0. The summed E-state index contributed by atoms with van der Waals surface area (Å²) in [5.41, 5.74) is 6.71. The summed E-state index contributed by atoms with van der Waals surface area (Å²) in [6.45, 7) is 0.499. The van der Waals surface area contributed by atoms with Crippen LogP contribution in [-0.4, -0.2) is 11.9 Å². The van der Waals surface area contributed by atoms with Gasteiger partial charge in [0.25, 0.3) is 0 Å². The number of nitrogens with two attached hydrogens (primary N) is 1. The number of thiophene rings is 1. The fourth-order valence-electron chi connectivity index (χ4n) is 1.74. The number of amides is 1. The zero-order chi connectivity index (χ0) is 14.5. The molecule has 0 saturated heterocycles. The fourth-order valence-corrected chi connectivity index (χ4v) is 2.87. The lowest BCUT2D eigenvalue weighted by Gasteiger charge is -2.13. The molecule has 0 aliphatic carbocycles. The average Bonchev–Trinajstić information content (AvgIpc) is 2.92. The molecule has 0 aliphatic heterocycles. The Labute approximate surface area is 143 Å². The van der Waals surface area contributed by atoms with Crippen LogP contribution in [0.2, 0.25) is 10.0 Å². The summed E-state index contributed by atoms with van der Waals surface area (Å²) in [4.78, 5) is 13.0. The van der Waals surface area contributed by atoms with Crippen LogP contribution in [0.4, 0.5) is 0 Å². The molecule has 1 atom stereocenters. The van der Waals surface area contributed by atoms with Gasteiger partial charge in [-0.05, 0) is 35.6 Å². The van der Waals surface area contributed by atoms with Gasteiger partial charge in [0, 0.05) is 14.9 Å². The highest BCUT2D eigenvalue weighted by atomic mass is 35.5. The van der Waals surface area contributed by atoms with Gasteiger partial charge < -0.3 is 11.1 Å². The normalized spacial score (nSPS) is 11.6. The number of carbonyl (C=O) groups is 1. The van der Waals surface area contributed by atoms with E-state index in [2.05, 4.69) is 5.32 Å². The standard InChI is InChI=1S/C14H14Cl2N2OS.ClH/c15-10-4-3-9(12(16)7-10)6-13(17)14(19)18-8-11-2-1-5-20-11;/h1-5,7,13H,6,8,17H2,(H,18,19);1H/t13-;/m1./s1. The van der Waals surface area contributed by atoms with Crippen molar-refractivity contribution in [3.8, 4) is 0 Å². The van der Waals surface area contributed by atoms with E-state index in [-0.39, 0.29) is 18.3 Å². The first kappa shape index (κ1) is 18.3. The second-order valence-corrected chi connectivity index (χ2v) is 6.22. The highest BCUT2D eigenvalue weighted by Gasteiger charge is 2.15. The Morgan fingerprint density at radius 2 is 2.10 bits per heavy atom. The molecule has 21 heavy (non-hydrogen) atoms. The third-order valence-corrected chi connectivity index (χ3v) is 4.27. The van der Waals surface area contributed by atoms with Crippen LogP contribution in [0.5, 0.6) is 0 Å². The van der Waals surface area contributed by atoms with E-state index < -0.39 is 6.04 Å². The van der Waals surface area contributed by atoms with Crippen molar-refractivity contribution in [3.63, 3.8) is 0 Å². The first-order chi connectivity index (χ1) is 9.56. The van der Waals surface area contributed by atoms with E-state index >= 15 is 0 Å². The minimum Gasteiger partial charge on any atom is -0.350 e. The molecule has 3 N–H and O–H groups in total. The summed E-state index contributed by atoms with van der Waals surface area (Å²) < 4.78 is 0. The third kappa shape index (κ3) is 5.49. The van der Waals surface area contributed by atoms with E-state index in [1.165, 1.54) is 0 Å². The van der Waals surface area contributed by atoms with Crippen LogP contribution in [0.3, 0.4) is 0 Å². The molecule has 0 saturated carbocycles. The molecule has 1 heterocycles. The lowest BCUT2D eigenvalue weighted by molar-refractivity contribution is -0.122. The largest absolute Gasteiger partial charge is 0.350 e. The maximum atomic E-state index is 11.9. The van der Waals surface area contributed by atoms with Crippen molar-refractivity contribution < 1.29 is 4.79 Å². The first-order valence-electron chi connectivity index (χ1n) is 6.06. The zero-order valence-electron chi connectivity index (χ0n) is 11.0. The van der Waals surface area contributed by atoms with E-state index in [1.54, 1.807) is 29.5 Å². The van der Waals surface area contributed by atoms with Crippen molar-refractivity contribution >= 4 is 52.9 Å². The molecule has 1 aromatic heterocycles. The lowest BCUT2D eigenvalue weighted by Crippen LogP contribution is -2.41. The number of halogens is 3. The predicted octanol–water partition coefficient (Wildman–Crippen LogP) is 3.66. The van der Waals surface area contributed by atoms with Gasteiger partial charge in [-0.2, -0.15) is 0 Å². The Kier molecular flexibility index (Phi) is 7.49. The average molecular weight is 366 g/mol. The Balaban J connectivity index is 0.00000220. The molecule has 3 nitrogen and oxygen atoms in total. The topological polar surface area (TPSA) is 55.1 Å². The Morgan fingerprint density at radius 3 is 2.71 bits per heavy atom. The number of carbonyl (C=O) groups excluding carboxylic acids is 1. The molecule has 0 aliphatic rings. The van der Waals surface area contributed by atoms with E-state index in [0.717, 1.165) is 10.4 Å². The zero-order valence-corrected chi connectivity index (χ0v) is 14.2. The van der Waals surface area contributed by atoms with Gasteiger partial charge >= 0.3 is 0 Å². The van der Waals surface area contributed by atoms with Crippen molar-refractivity contribution in [3.05, 3.63) is 56.2 Å². The van der Waals surface area contributed by atoms with Gasteiger partial charge in [-0.1, -0.05) is 35.3 Å². The van der Waals surface area contributed by atoms with Crippen LogP contribution in [0.1, 0.15) is 10.4 Å². The van der Waals surface area contributed by atoms with Crippen molar-refractivity contribution in [1.82, 2.24) is 5.32 Å². The molecule has 0 spiro atoms. The second-order valence-electron chi connectivity index (χ2n) is 4.34. The van der Waals surface area contributed by atoms with E-state index in [1.807, 2.05) is 17.5 Å². The molecule has 0 bridgehead atoms. The SMILES string of the molecule is Cl.N[C@H](Cc1ccc(Cl)cc1Cl)C(=O)NCc1cccs1. The summed E-state index contributed by atoms with van der Waals surface area (Å²) in [5, 5.41) is 5.87. The Bertz CT molecular complexity index is 590. The van der Waals surface area contributed by atoms with E-state index in [9.17, 15) is 4.79 Å². The molecular formula is C14H15Cl3N2OS. The van der Waals surface area contributed by atoms with Crippen LogP contribution < -0.4 is 11.1 Å². The van der Waals surface area contributed by atoms with Crippen molar-refractivity contribution in [2.75, 3.05) is 0 Å². The molecule has 2 rings (SSSR count). The Morgan fingerprint density at radius 1 is 1.33 bits per heavy atom.